The number of carbonyl (C=O) groups is 1. The van der Waals surface area contributed by atoms with Crippen LogP contribution >= 0.6 is 0 Å². The first kappa shape index (κ1) is 16.5. The van der Waals surface area contributed by atoms with E-state index in [0.717, 1.165) is 19.3 Å². The normalized spacial score (nSPS) is 28.2. The van der Waals surface area contributed by atoms with E-state index >= 15 is 0 Å². The predicted octanol–water partition coefficient (Wildman–Crippen LogP) is 2.87. The second kappa shape index (κ2) is 6.73. The smallest absolute Gasteiger partial charge is 0.309 e. The first-order valence-electron chi connectivity index (χ1n) is 7.29. The van der Waals surface area contributed by atoms with Crippen molar-refractivity contribution in [3.63, 3.8) is 0 Å². The molecule has 2 unspecified atom stereocenters. The zero-order chi connectivity index (χ0) is 14.5. The molecule has 112 valence electrons. The van der Waals surface area contributed by atoms with Crippen LogP contribution in [0.25, 0.3) is 0 Å². The minimum absolute atomic E-state index is 0.120. The topological polar surface area (TPSA) is 71.4 Å². The van der Waals surface area contributed by atoms with E-state index in [9.17, 15) is 18.3 Å². The van der Waals surface area contributed by atoms with Crippen LogP contribution in [0, 0.1) is 11.3 Å². The summed E-state index contributed by atoms with van der Waals surface area (Å²) in [6, 6.07) is 0. The molecule has 0 spiro atoms. The second-order valence-corrected chi connectivity index (χ2v) is 8.27. The van der Waals surface area contributed by atoms with Crippen LogP contribution in [0.5, 0.6) is 0 Å². The molecule has 0 aromatic heterocycles. The van der Waals surface area contributed by atoms with Crippen molar-refractivity contribution in [2.45, 2.75) is 58.8 Å². The highest BCUT2D eigenvalue weighted by molar-refractivity contribution is 7.91. The van der Waals surface area contributed by atoms with Gasteiger partial charge in [-0.2, -0.15) is 0 Å². The lowest BCUT2D eigenvalue weighted by atomic mass is 9.67. The van der Waals surface area contributed by atoms with Crippen LogP contribution in [-0.2, 0) is 14.6 Å². The average Bonchev–Trinajstić information content (AvgIpc) is 2.38. The van der Waals surface area contributed by atoms with Crippen LogP contribution in [0.15, 0.2) is 0 Å². The molecule has 1 fully saturated rings. The van der Waals surface area contributed by atoms with E-state index < -0.39 is 21.2 Å². The van der Waals surface area contributed by atoms with E-state index in [0.29, 0.717) is 31.6 Å². The Morgan fingerprint density at radius 1 is 1.37 bits per heavy atom. The van der Waals surface area contributed by atoms with Gasteiger partial charge in [-0.25, -0.2) is 8.42 Å². The Hall–Kier alpha value is -0.580. The Morgan fingerprint density at radius 3 is 2.58 bits per heavy atom. The maximum Gasteiger partial charge on any atom is 0.309 e. The average molecular weight is 290 g/mol. The molecule has 0 amide bonds. The Morgan fingerprint density at radius 2 is 2.05 bits per heavy atom. The molecule has 0 saturated heterocycles. The molecule has 1 aliphatic rings. The van der Waals surface area contributed by atoms with Gasteiger partial charge >= 0.3 is 5.97 Å². The van der Waals surface area contributed by atoms with Crippen LogP contribution in [-0.4, -0.2) is 31.0 Å². The summed E-state index contributed by atoms with van der Waals surface area (Å²) in [7, 11) is -2.98. The van der Waals surface area contributed by atoms with Crippen molar-refractivity contribution < 1.29 is 18.3 Å². The van der Waals surface area contributed by atoms with E-state index in [-0.39, 0.29) is 11.5 Å². The zero-order valence-corrected chi connectivity index (χ0v) is 12.8. The molecule has 1 N–H and O–H groups in total. The van der Waals surface area contributed by atoms with Crippen molar-refractivity contribution in [2.24, 2.45) is 11.3 Å². The molecule has 0 radical (unpaired) electrons. The lowest BCUT2D eigenvalue weighted by Gasteiger charge is -2.37. The lowest BCUT2D eigenvalue weighted by Crippen LogP contribution is -2.36. The maximum atomic E-state index is 11.6. The molecule has 4 nitrogen and oxygen atoms in total. The zero-order valence-electron chi connectivity index (χ0n) is 12.0. The maximum absolute atomic E-state index is 11.6. The molecule has 2 atom stereocenters. The van der Waals surface area contributed by atoms with Gasteiger partial charge in [0.05, 0.1) is 11.2 Å². The van der Waals surface area contributed by atoms with Crippen LogP contribution in [0.3, 0.4) is 0 Å². The molecule has 1 aliphatic carbocycles. The number of aliphatic carboxylic acids is 1. The monoisotopic (exact) mass is 290 g/mol. The third-order valence-electron chi connectivity index (χ3n) is 4.53. The summed E-state index contributed by atoms with van der Waals surface area (Å²) in [4.78, 5) is 11.6. The number of rotatable bonds is 7. The first-order valence-corrected chi connectivity index (χ1v) is 9.11. The van der Waals surface area contributed by atoms with Gasteiger partial charge in [-0.1, -0.05) is 33.1 Å². The summed E-state index contributed by atoms with van der Waals surface area (Å²) >= 11 is 0. The van der Waals surface area contributed by atoms with Crippen LogP contribution in [0.4, 0.5) is 0 Å². The van der Waals surface area contributed by atoms with Crippen molar-refractivity contribution >= 4 is 15.8 Å². The van der Waals surface area contributed by atoms with Gasteiger partial charge in [-0.15, -0.1) is 0 Å². The van der Waals surface area contributed by atoms with E-state index in [4.69, 9.17) is 0 Å². The molecule has 1 saturated carbocycles. The molecule has 0 aliphatic heterocycles. The third-order valence-corrected chi connectivity index (χ3v) is 6.32. The van der Waals surface area contributed by atoms with Gasteiger partial charge in [0.15, 0.2) is 0 Å². The summed E-state index contributed by atoms with van der Waals surface area (Å²) in [6.45, 7) is 3.74. The summed E-state index contributed by atoms with van der Waals surface area (Å²) in [5.41, 5.74) is -0.678. The minimum atomic E-state index is -2.98. The van der Waals surface area contributed by atoms with Crippen molar-refractivity contribution in [2.75, 3.05) is 11.5 Å². The molecule has 0 bridgehead atoms. The predicted molar refractivity (Wildman–Crippen MR) is 75.9 cm³/mol. The summed E-state index contributed by atoms with van der Waals surface area (Å²) < 4.78 is 23.0. The number of carboxylic acids is 1. The summed E-state index contributed by atoms with van der Waals surface area (Å²) in [5.74, 6) is 0.00663. The molecular formula is C14H26O4S. The molecule has 19 heavy (non-hydrogen) atoms. The summed E-state index contributed by atoms with van der Waals surface area (Å²) in [5, 5.41) is 9.54. The Balaban J connectivity index is 2.65. The quantitative estimate of drug-likeness (QED) is 0.782. The number of hydrogen-bond acceptors (Lipinski definition) is 3. The fourth-order valence-electron chi connectivity index (χ4n) is 3.14. The largest absolute Gasteiger partial charge is 0.481 e. The van der Waals surface area contributed by atoms with Crippen LogP contribution in [0.1, 0.15) is 58.8 Å². The van der Waals surface area contributed by atoms with Gasteiger partial charge in [0.2, 0.25) is 0 Å². The van der Waals surface area contributed by atoms with E-state index in [1.54, 1.807) is 6.92 Å². The van der Waals surface area contributed by atoms with Gasteiger partial charge in [-0.3, -0.25) is 4.79 Å². The lowest BCUT2D eigenvalue weighted by molar-refractivity contribution is -0.152. The molecular weight excluding hydrogens is 264 g/mol. The van der Waals surface area contributed by atoms with Crippen molar-refractivity contribution in [1.82, 2.24) is 0 Å². The Labute approximate surface area is 116 Å². The van der Waals surface area contributed by atoms with Crippen molar-refractivity contribution in [3.8, 4) is 0 Å². The highest BCUT2D eigenvalue weighted by Gasteiger charge is 2.41. The van der Waals surface area contributed by atoms with Gasteiger partial charge in [-0.05, 0) is 31.6 Å². The van der Waals surface area contributed by atoms with Crippen molar-refractivity contribution in [1.29, 1.82) is 0 Å². The molecule has 1 rings (SSSR count). The van der Waals surface area contributed by atoms with Gasteiger partial charge in [0, 0.05) is 5.75 Å². The van der Waals surface area contributed by atoms with Gasteiger partial charge in [0.1, 0.15) is 9.84 Å². The summed E-state index contributed by atoms with van der Waals surface area (Å²) in [6.07, 6.45) is 5.46. The van der Waals surface area contributed by atoms with E-state index in [2.05, 4.69) is 6.92 Å². The van der Waals surface area contributed by atoms with Gasteiger partial charge in [0.25, 0.3) is 0 Å². The number of carboxylic acid groups (broad SMARTS) is 1. The van der Waals surface area contributed by atoms with Crippen molar-refractivity contribution in [3.05, 3.63) is 0 Å². The van der Waals surface area contributed by atoms with Gasteiger partial charge < -0.3 is 5.11 Å². The van der Waals surface area contributed by atoms with E-state index in [1.165, 1.54) is 0 Å². The van der Waals surface area contributed by atoms with E-state index in [1.807, 2.05) is 0 Å². The number of hydrogen-bond donors (Lipinski definition) is 1. The highest BCUT2D eigenvalue weighted by Crippen LogP contribution is 2.44. The highest BCUT2D eigenvalue weighted by atomic mass is 32.2. The molecule has 5 heteroatoms. The van der Waals surface area contributed by atoms with Crippen LogP contribution < -0.4 is 0 Å². The Kier molecular flexibility index (Phi) is 5.83. The second-order valence-electron chi connectivity index (χ2n) is 5.80. The fraction of sp³-hybridized carbons (Fsp3) is 0.929. The fourth-order valence-corrected chi connectivity index (χ4v) is 4.01. The Bertz CT molecular complexity index is 402. The third kappa shape index (κ3) is 4.48. The standard InChI is InChI=1S/C14H26O4S/c1-3-12-7-5-8-14(11-12,13(15)16)9-6-10-19(17,18)4-2/h12H,3-11H2,1-2H3,(H,15,16). The molecule has 0 heterocycles. The van der Waals surface area contributed by atoms with Crippen LogP contribution in [0.2, 0.25) is 0 Å². The molecule has 0 aromatic carbocycles. The first-order chi connectivity index (χ1) is 8.85. The SMILES string of the molecule is CCC1CCCC(CCCS(=O)(=O)CC)(C(=O)O)C1. The molecule has 0 aromatic rings. The minimum Gasteiger partial charge on any atom is -0.481 e. The number of sulfone groups is 1.